The highest BCUT2D eigenvalue weighted by Crippen LogP contribution is 2.21. The van der Waals surface area contributed by atoms with Gasteiger partial charge in [-0.2, -0.15) is 0 Å². The van der Waals surface area contributed by atoms with Crippen molar-refractivity contribution in [1.82, 2.24) is 9.55 Å². The second-order valence-electron chi connectivity index (χ2n) is 4.58. The molecule has 0 aliphatic carbocycles. The molecule has 2 aromatic carbocycles. The molecule has 1 heterocycles. The minimum absolute atomic E-state index is 0.164. The molecule has 3 aromatic rings. The Morgan fingerprint density at radius 3 is 2.52 bits per heavy atom. The lowest BCUT2D eigenvalue weighted by molar-refractivity contribution is 0.410. The smallest absolute Gasteiger partial charge is 0.161 e. The van der Waals surface area contributed by atoms with E-state index in [2.05, 4.69) is 4.98 Å². The van der Waals surface area contributed by atoms with Gasteiger partial charge in [0, 0.05) is 23.8 Å². The molecule has 1 aromatic heterocycles. The van der Waals surface area contributed by atoms with Gasteiger partial charge in [-0.25, -0.2) is 18.2 Å². The van der Waals surface area contributed by atoms with Gasteiger partial charge in [-0.05, 0) is 6.07 Å². The summed E-state index contributed by atoms with van der Waals surface area (Å²) in [7, 11) is 1.45. The fraction of sp³-hybridized carbons (Fsp3) is 0.133. The molecule has 0 fully saturated rings. The number of nitrogens with zero attached hydrogens (tertiary/aromatic N) is 2. The van der Waals surface area contributed by atoms with Crippen molar-refractivity contribution >= 4 is 11.0 Å². The Labute approximate surface area is 118 Å². The van der Waals surface area contributed by atoms with Crippen LogP contribution in [-0.4, -0.2) is 16.7 Å². The first kappa shape index (κ1) is 13.5. The van der Waals surface area contributed by atoms with E-state index in [4.69, 9.17) is 4.74 Å². The van der Waals surface area contributed by atoms with Crippen LogP contribution in [0.3, 0.4) is 0 Å². The van der Waals surface area contributed by atoms with Crippen molar-refractivity contribution < 1.29 is 17.9 Å². The predicted octanol–water partition coefficient (Wildman–Crippen LogP) is 3.51. The number of benzene rings is 2. The van der Waals surface area contributed by atoms with E-state index >= 15 is 0 Å². The maximum Gasteiger partial charge on any atom is 0.161 e. The van der Waals surface area contributed by atoms with Crippen LogP contribution in [0.1, 0.15) is 5.56 Å². The molecule has 0 saturated heterocycles. The largest absolute Gasteiger partial charge is 0.497 e. The van der Waals surface area contributed by atoms with E-state index in [1.807, 2.05) is 0 Å². The van der Waals surface area contributed by atoms with Crippen LogP contribution >= 0.6 is 0 Å². The van der Waals surface area contributed by atoms with E-state index in [0.717, 1.165) is 12.1 Å². The number of hydrogen-bond acceptors (Lipinski definition) is 2. The van der Waals surface area contributed by atoms with Crippen LogP contribution in [0, 0.1) is 17.5 Å². The fourth-order valence-corrected chi connectivity index (χ4v) is 2.15. The number of imidazole rings is 1. The Kier molecular flexibility index (Phi) is 3.29. The lowest BCUT2D eigenvalue weighted by Gasteiger charge is -2.07. The van der Waals surface area contributed by atoms with Gasteiger partial charge in [0.2, 0.25) is 0 Å². The molecule has 0 atom stereocenters. The Morgan fingerprint density at radius 1 is 1.05 bits per heavy atom. The van der Waals surface area contributed by atoms with Gasteiger partial charge >= 0.3 is 0 Å². The Hall–Kier alpha value is -2.50. The summed E-state index contributed by atoms with van der Waals surface area (Å²) in [6.45, 7) is 0.164. The first-order chi connectivity index (χ1) is 10.1. The van der Waals surface area contributed by atoms with Crippen LogP contribution in [0.2, 0.25) is 0 Å². The zero-order chi connectivity index (χ0) is 15.0. The number of rotatable bonds is 3. The van der Waals surface area contributed by atoms with E-state index in [-0.39, 0.29) is 6.54 Å². The maximum atomic E-state index is 13.9. The quantitative estimate of drug-likeness (QED) is 0.738. The highest BCUT2D eigenvalue weighted by atomic mass is 19.2. The molecule has 6 heteroatoms. The topological polar surface area (TPSA) is 27.1 Å². The summed E-state index contributed by atoms with van der Waals surface area (Å²) in [6, 6.07) is 6.57. The zero-order valence-electron chi connectivity index (χ0n) is 11.1. The molecule has 0 aliphatic heterocycles. The van der Waals surface area contributed by atoms with Crippen molar-refractivity contribution in [2.75, 3.05) is 7.11 Å². The van der Waals surface area contributed by atoms with Crippen molar-refractivity contribution in [1.29, 1.82) is 0 Å². The summed E-state index contributed by atoms with van der Waals surface area (Å²) in [5, 5.41) is 0. The van der Waals surface area contributed by atoms with Gasteiger partial charge < -0.3 is 9.30 Å². The summed E-state index contributed by atoms with van der Waals surface area (Å²) in [5.74, 6) is -1.93. The molecule has 0 amide bonds. The molecular formula is C15H11F3N2O. The van der Waals surface area contributed by atoms with Gasteiger partial charge in [-0.3, -0.25) is 0 Å². The van der Waals surface area contributed by atoms with Crippen LogP contribution in [0.4, 0.5) is 13.2 Å². The number of fused-ring (bicyclic) bond motifs is 1. The molecule has 0 N–H and O–H groups in total. The lowest BCUT2D eigenvalue weighted by atomic mass is 10.2. The normalized spacial score (nSPS) is 11.0. The second-order valence-corrected chi connectivity index (χ2v) is 4.58. The third kappa shape index (κ3) is 2.44. The highest BCUT2D eigenvalue weighted by Gasteiger charge is 2.11. The number of aromatic nitrogens is 2. The summed E-state index contributed by atoms with van der Waals surface area (Å²) in [4.78, 5) is 3.99. The SMILES string of the molecule is COc1ccc(Cn2cnc3cc(F)c(F)cc32)c(F)c1. The fourth-order valence-electron chi connectivity index (χ4n) is 2.15. The monoisotopic (exact) mass is 292 g/mol. The third-order valence-electron chi connectivity index (χ3n) is 3.26. The minimum Gasteiger partial charge on any atom is -0.497 e. The minimum atomic E-state index is -0.959. The van der Waals surface area contributed by atoms with Gasteiger partial charge in [0.1, 0.15) is 11.6 Å². The molecule has 0 bridgehead atoms. The molecule has 0 unspecified atom stereocenters. The van der Waals surface area contributed by atoms with Crippen molar-refractivity contribution in [3.8, 4) is 5.75 Å². The molecule has 3 rings (SSSR count). The zero-order valence-corrected chi connectivity index (χ0v) is 11.1. The van der Waals surface area contributed by atoms with Crippen LogP contribution < -0.4 is 4.74 Å². The number of ether oxygens (including phenoxy) is 1. The van der Waals surface area contributed by atoms with Crippen LogP contribution in [-0.2, 0) is 6.54 Å². The Bertz CT molecular complexity index is 814. The van der Waals surface area contributed by atoms with Crippen molar-refractivity contribution in [3.05, 3.63) is 59.7 Å². The highest BCUT2D eigenvalue weighted by molar-refractivity contribution is 5.75. The standard InChI is InChI=1S/C15H11F3N2O/c1-21-10-3-2-9(11(16)4-10)7-20-8-19-14-5-12(17)13(18)6-15(14)20/h2-6,8H,7H2,1H3. The molecule has 0 spiro atoms. The van der Waals surface area contributed by atoms with Crippen LogP contribution in [0.25, 0.3) is 11.0 Å². The van der Waals surface area contributed by atoms with Gasteiger partial charge in [0.15, 0.2) is 11.6 Å². The van der Waals surface area contributed by atoms with Gasteiger partial charge in [0.25, 0.3) is 0 Å². The van der Waals surface area contributed by atoms with Gasteiger partial charge in [0.05, 0.1) is 31.0 Å². The van der Waals surface area contributed by atoms with E-state index in [0.29, 0.717) is 22.3 Å². The first-order valence-electron chi connectivity index (χ1n) is 6.21. The Balaban J connectivity index is 2.00. The maximum absolute atomic E-state index is 13.9. The van der Waals surface area contributed by atoms with E-state index in [1.165, 1.54) is 19.5 Å². The van der Waals surface area contributed by atoms with Crippen LogP contribution in [0.15, 0.2) is 36.7 Å². The van der Waals surface area contributed by atoms with Crippen LogP contribution in [0.5, 0.6) is 5.75 Å². The summed E-state index contributed by atoms with van der Waals surface area (Å²) >= 11 is 0. The number of halogens is 3. The number of hydrogen-bond donors (Lipinski definition) is 0. The molecule has 0 saturated carbocycles. The average molecular weight is 292 g/mol. The summed E-state index contributed by atoms with van der Waals surface area (Å²) in [6.07, 6.45) is 1.42. The second kappa shape index (κ2) is 5.12. The molecule has 0 aliphatic rings. The predicted molar refractivity (Wildman–Crippen MR) is 71.7 cm³/mol. The Morgan fingerprint density at radius 2 is 1.81 bits per heavy atom. The van der Waals surface area contributed by atoms with E-state index in [9.17, 15) is 13.2 Å². The first-order valence-corrected chi connectivity index (χ1v) is 6.21. The van der Waals surface area contributed by atoms with Gasteiger partial charge in [-0.15, -0.1) is 0 Å². The summed E-state index contributed by atoms with van der Waals surface area (Å²) in [5.41, 5.74) is 1.13. The number of methoxy groups -OCH3 is 1. The van der Waals surface area contributed by atoms with Crippen molar-refractivity contribution in [3.63, 3.8) is 0 Å². The molecule has 0 radical (unpaired) electrons. The van der Waals surface area contributed by atoms with E-state index < -0.39 is 17.5 Å². The third-order valence-corrected chi connectivity index (χ3v) is 3.26. The van der Waals surface area contributed by atoms with E-state index in [1.54, 1.807) is 16.7 Å². The lowest BCUT2D eigenvalue weighted by Crippen LogP contribution is -2.01. The van der Waals surface area contributed by atoms with Gasteiger partial charge in [-0.1, -0.05) is 6.07 Å². The van der Waals surface area contributed by atoms with Crippen molar-refractivity contribution in [2.24, 2.45) is 0 Å². The molecule has 21 heavy (non-hydrogen) atoms. The average Bonchev–Trinajstić information content (AvgIpc) is 2.84. The molecule has 3 nitrogen and oxygen atoms in total. The molecule has 108 valence electrons. The van der Waals surface area contributed by atoms with Crippen molar-refractivity contribution in [2.45, 2.75) is 6.54 Å². The molecular weight excluding hydrogens is 281 g/mol. The summed E-state index contributed by atoms with van der Waals surface area (Å²) < 4.78 is 46.9.